The van der Waals surface area contributed by atoms with Crippen LogP contribution >= 0.6 is 0 Å². The molecule has 2 aromatic carbocycles. The third-order valence-electron chi connectivity index (χ3n) is 9.82. The maximum atomic E-state index is 15.4. The number of hydrogen-bond acceptors (Lipinski definition) is 1. The van der Waals surface area contributed by atoms with E-state index in [1.807, 2.05) is 6.92 Å². The summed E-state index contributed by atoms with van der Waals surface area (Å²) in [6.07, 6.45) is -3.67. The van der Waals surface area contributed by atoms with Gasteiger partial charge in [-0.05, 0) is 91.9 Å². The summed E-state index contributed by atoms with van der Waals surface area (Å²) >= 11 is 0. The molecule has 0 spiro atoms. The zero-order chi connectivity index (χ0) is 32.1. The Morgan fingerprint density at radius 2 is 1.20 bits per heavy atom. The molecule has 0 unspecified atom stereocenters. The minimum atomic E-state index is -5.58. The molecule has 0 N–H and O–H groups in total. The SMILES string of the molecule is CCCCCc1ccc(-c2ccc(OC(F)(F)C3CCC(C4CCC(CCC)CC4)CC3)c(C(F)(F)F)c2C(F)(F)F)cc1. The van der Waals surface area contributed by atoms with Gasteiger partial charge < -0.3 is 4.74 Å². The Kier molecular flexibility index (Phi) is 11.3. The van der Waals surface area contributed by atoms with E-state index >= 15 is 8.78 Å². The molecule has 246 valence electrons. The van der Waals surface area contributed by atoms with E-state index < -0.39 is 46.8 Å². The highest BCUT2D eigenvalue weighted by atomic mass is 19.4. The van der Waals surface area contributed by atoms with Crippen molar-refractivity contribution >= 4 is 0 Å². The average Bonchev–Trinajstić information content (AvgIpc) is 2.97. The van der Waals surface area contributed by atoms with Crippen molar-refractivity contribution in [3.8, 4) is 16.9 Å². The highest BCUT2D eigenvalue weighted by Gasteiger charge is 2.51. The molecule has 0 aromatic heterocycles. The second-order valence-corrected chi connectivity index (χ2v) is 12.9. The number of halogens is 8. The van der Waals surface area contributed by atoms with Crippen LogP contribution in [0, 0.1) is 23.7 Å². The molecule has 2 saturated carbocycles. The summed E-state index contributed by atoms with van der Waals surface area (Å²) in [5.41, 5.74) is -4.19. The molecule has 2 aromatic rings. The van der Waals surface area contributed by atoms with Crippen molar-refractivity contribution in [3.63, 3.8) is 0 Å². The minimum absolute atomic E-state index is 0.0583. The van der Waals surface area contributed by atoms with Crippen LogP contribution in [-0.2, 0) is 18.8 Å². The first-order valence-electron chi connectivity index (χ1n) is 16.2. The van der Waals surface area contributed by atoms with Gasteiger partial charge in [-0.2, -0.15) is 35.1 Å². The summed E-state index contributed by atoms with van der Waals surface area (Å²) in [4.78, 5) is 0. The summed E-state index contributed by atoms with van der Waals surface area (Å²) in [6, 6.07) is 7.28. The molecule has 2 aliphatic rings. The Bertz CT molecular complexity index is 1180. The van der Waals surface area contributed by atoms with Crippen LogP contribution in [0.4, 0.5) is 35.1 Å². The van der Waals surface area contributed by atoms with Crippen molar-refractivity contribution in [2.75, 3.05) is 0 Å². The first kappa shape index (κ1) is 34.6. The van der Waals surface area contributed by atoms with E-state index in [0.717, 1.165) is 68.9 Å². The quantitative estimate of drug-likeness (QED) is 0.177. The van der Waals surface area contributed by atoms with E-state index in [0.29, 0.717) is 31.2 Å². The first-order valence-corrected chi connectivity index (χ1v) is 16.2. The average molecular weight is 633 g/mol. The summed E-state index contributed by atoms with van der Waals surface area (Å²) in [6.45, 7) is 4.20. The lowest BCUT2D eigenvalue weighted by atomic mass is 9.68. The molecule has 0 bridgehead atoms. The predicted molar refractivity (Wildman–Crippen MR) is 156 cm³/mol. The lowest BCUT2D eigenvalue weighted by Gasteiger charge is -2.39. The fraction of sp³-hybridized carbons (Fsp3) is 0.657. The van der Waals surface area contributed by atoms with Crippen LogP contribution in [0.3, 0.4) is 0 Å². The van der Waals surface area contributed by atoms with E-state index in [9.17, 15) is 26.3 Å². The number of rotatable bonds is 11. The van der Waals surface area contributed by atoms with Crippen molar-refractivity contribution in [2.24, 2.45) is 23.7 Å². The van der Waals surface area contributed by atoms with E-state index in [-0.39, 0.29) is 24.3 Å². The van der Waals surface area contributed by atoms with Gasteiger partial charge in [0.2, 0.25) is 0 Å². The predicted octanol–water partition coefficient (Wildman–Crippen LogP) is 12.5. The van der Waals surface area contributed by atoms with Gasteiger partial charge in [-0.25, -0.2) is 0 Å². The minimum Gasteiger partial charge on any atom is -0.432 e. The third kappa shape index (κ3) is 8.48. The summed E-state index contributed by atoms with van der Waals surface area (Å²) in [5, 5.41) is 0. The summed E-state index contributed by atoms with van der Waals surface area (Å²) in [7, 11) is 0. The van der Waals surface area contributed by atoms with Crippen molar-refractivity contribution in [1.82, 2.24) is 0 Å². The van der Waals surface area contributed by atoms with Gasteiger partial charge in [-0.3, -0.25) is 0 Å². The molecule has 0 atom stereocenters. The van der Waals surface area contributed by atoms with E-state index in [2.05, 4.69) is 11.7 Å². The Balaban J connectivity index is 1.55. The Morgan fingerprint density at radius 3 is 1.73 bits per heavy atom. The van der Waals surface area contributed by atoms with Gasteiger partial charge >= 0.3 is 18.5 Å². The molecule has 1 nitrogen and oxygen atoms in total. The largest absolute Gasteiger partial charge is 0.432 e. The lowest BCUT2D eigenvalue weighted by Crippen LogP contribution is -2.39. The van der Waals surface area contributed by atoms with Gasteiger partial charge in [0.15, 0.2) is 0 Å². The van der Waals surface area contributed by atoms with Crippen LogP contribution in [0.1, 0.15) is 114 Å². The van der Waals surface area contributed by atoms with Gasteiger partial charge in [0.1, 0.15) is 11.3 Å². The Hall–Kier alpha value is -2.32. The van der Waals surface area contributed by atoms with Crippen molar-refractivity contribution in [1.29, 1.82) is 0 Å². The van der Waals surface area contributed by atoms with Crippen LogP contribution in [0.15, 0.2) is 36.4 Å². The van der Waals surface area contributed by atoms with Crippen LogP contribution in [0.2, 0.25) is 0 Å². The van der Waals surface area contributed by atoms with Gasteiger partial charge in [0.25, 0.3) is 0 Å². The molecule has 0 amide bonds. The fourth-order valence-electron chi connectivity index (χ4n) is 7.43. The molecule has 0 heterocycles. The van der Waals surface area contributed by atoms with Crippen LogP contribution < -0.4 is 4.74 Å². The molecular formula is C35H44F8O. The van der Waals surface area contributed by atoms with Gasteiger partial charge in [0, 0.05) is 0 Å². The van der Waals surface area contributed by atoms with Crippen molar-refractivity contribution in [3.05, 3.63) is 53.1 Å². The molecule has 0 saturated heterocycles. The van der Waals surface area contributed by atoms with Gasteiger partial charge in [0.05, 0.1) is 11.5 Å². The molecule has 4 rings (SSSR count). The normalized spacial score (nSPS) is 23.5. The zero-order valence-electron chi connectivity index (χ0n) is 25.6. The highest BCUT2D eigenvalue weighted by Crippen LogP contribution is 2.52. The lowest BCUT2D eigenvalue weighted by molar-refractivity contribution is -0.228. The molecular weight excluding hydrogens is 588 g/mol. The number of alkyl halides is 8. The number of ether oxygens (including phenoxy) is 1. The Labute approximate surface area is 255 Å². The maximum Gasteiger partial charge on any atom is 0.420 e. The molecule has 0 aliphatic heterocycles. The molecule has 44 heavy (non-hydrogen) atoms. The van der Waals surface area contributed by atoms with Gasteiger partial charge in [-0.1, -0.05) is 82.7 Å². The fourth-order valence-corrected chi connectivity index (χ4v) is 7.43. The molecule has 9 heteroatoms. The zero-order valence-corrected chi connectivity index (χ0v) is 25.6. The molecule has 2 fully saturated rings. The van der Waals surface area contributed by atoms with Crippen LogP contribution in [0.5, 0.6) is 5.75 Å². The van der Waals surface area contributed by atoms with Crippen molar-refractivity contribution < 1.29 is 39.9 Å². The second kappa shape index (κ2) is 14.4. The standard InChI is InChI=1S/C35H44F8O/c1-3-5-6-8-24-11-15-27(16-12-24)29-21-22-30(32(34(39,40)41)31(29)33(36,37)38)44-35(42,43)28-19-17-26(18-20-28)25-13-9-23(7-4-2)10-14-25/h11-12,15-16,21-23,25-26,28H,3-10,13-14,17-20H2,1-2H3. The first-order chi connectivity index (χ1) is 20.7. The van der Waals surface area contributed by atoms with E-state index in [1.54, 1.807) is 12.1 Å². The van der Waals surface area contributed by atoms with Crippen LogP contribution in [0.25, 0.3) is 11.1 Å². The smallest absolute Gasteiger partial charge is 0.420 e. The van der Waals surface area contributed by atoms with Gasteiger partial charge in [-0.15, -0.1) is 0 Å². The number of hydrogen-bond donors (Lipinski definition) is 0. The monoisotopic (exact) mass is 632 g/mol. The topological polar surface area (TPSA) is 9.23 Å². The second-order valence-electron chi connectivity index (χ2n) is 12.9. The summed E-state index contributed by atoms with van der Waals surface area (Å²) in [5.74, 6) is -1.40. The highest BCUT2D eigenvalue weighted by molar-refractivity contribution is 5.72. The molecule has 0 radical (unpaired) electrons. The van der Waals surface area contributed by atoms with Crippen LogP contribution in [-0.4, -0.2) is 6.11 Å². The number of unbranched alkanes of at least 4 members (excludes halogenated alkanes) is 2. The summed E-state index contributed by atoms with van der Waals surface area (Å²) < 4.78 is 121. The number of aryl methyl sites for hydroxylation is 1. The Morgan fingerprint density at radius 1 is 0.636 bits per heavy atom. The molecule has 2 aliphatic carbocycles. The van der Waals surface area contributed by atoms with Crippen molar-refractivity contribution in [2.45, 2.75) is 122 Å². The van der Waals surface area contributed by atoms with E-state index in [1.165, 1.54) is 18.6 Å². The number of benzene rings is 2. The third-order valence-corrected chi connectivity index (χ3v) is 9.82. The van der Waals surface area contributed by atoms with E-state index in [4.69, 9.17) is 0 Å². The maximum absolute atomic E-state index is 15.4.